The molecular formula is C36H36Cl2FN3O4S. The second kappa shape index (κ2) is 15.8. The van der Waals surface area contributed by atoms with Crippen LogP contribution in [0, 0.1) is 5.82 Å². The number of hydrogen-bond acceptors (Lipinski definition) is 4. The molecule has 1 fully saturated rings. The van der Waals surface area contributed by atoms with E-state index in [0.717, 1.165) is 48.0 Å². The normalized spacial score (nSPS) is 14.3. The molecule has 2 amide bonds. The number of hydrogen-bond donors (Lipinski definition) is 1. The molecule has 0 aliphatic heterocycles. The third-order valence-corrected chi connectivity index (χ3v) is 10.6. The van der Waals surface area contributed by atoms with Crippen molar-refractivity contribution in [2.75, 3.05) is 10.8 Å². The number of carbonyl (C=O) groups excluding carboxylic acids is 2. The highest BCUT2D eigenvalue weighted by Crippen LogP contribution is 2.29. The van der Waals surface area contributed by atoms with Crippen molar-refractivity contribution >= 4 is 50.7 Å². The number of sulfonamides is 1. The van der Waals surface area contributed by atoms with E-state index >= 15 is 0 Å². The maximum atomic E-state index is 14.6. The first-order chi connectivity index (χ1) is 22.6. The number of anilines is 1. The van der Waals surface area contributed by atoms with Crippen LogP contribution in [0.5, 0.6) is 0 Å². The Morgan fingerprint density at radius 1 is 0.830 bits per heavy atom. The van der Waals surface area contributed by atoms with E-state index in [2.05, 4.69) is 5.32 Å². The van der Waals surface area contributed by atoms with Gasteiger partial charge in [0.2, 0.25) is 11.8 Å². The summed E-state index contributed by atoms with van der Waals surface area (Å²) in [7, 11) is -4.33. The van der Waals surface area contributed by atoms with Crippen LogP contribution in [0.4, 0.5) is 10.1 Å². The summed E-state index contributed by atoms with van der Waals surface area (Å²) in [4.78, 5) is 30.1. The summed E-state index contributed by atoms with van der Waals surface area (Å²) in [6, 6.07) is 26.4. The molecule has 4 aromatic rings. The van der Waals surface area contributed by atoms with Gasteiger partial charge in [-0.3, -0.25) is 13.9 Å². The van der Waals surface area contributed by atoms with Crippen LogP contribution in [0.15, 0.2) is 108 Å². The molecule has 1 atom stereocenters. The molecule has 0 aromatic heterocycles. The summed E-state index contributed by atoms with van der Waals surface area (Å²) in [6.45, 7) is -0.663. The molecule has 0 radical (unpaired) electrons. The number of amides is 2. The Bertz CT molecular complexity index is 1770. The number of rotatable bonds is 12. The van der Waals surface area contributed by atoms with Gasteiger partial charge >= 0.3 is 0 Å². The van der Waals surface area contributed by atoms with Crippen molar-refractivity contribution in [1.82, 2.24) is 10.2 Å². The molecule has 1 aliphatic carbocycles. The highest BCUT2D eigenvalue weighted by molar-refractivity contribution is 7.92. The van der Waals surface area contributed by atoms with Crippen LogP contribution in [-0.4, -0.2) is 43.8 Å². The monoisotopic (exact) mass is 695 g/mol. The summed E-state index contributed by atoms with van der Waals surface area (Å²) in [5, 5.41) is 3.39. The zero-order valence-electron chi connectivity index (χ0n) is 25.7. The van der Waals surface area contributed by atoms with E-state index in [1.165, 1.54) is 29.2 Å². The summed E-state index contributed by atoms with van der Waals surface area (Å²) in [5.74, 6) is -1.67. The van der Waals surface area contributed by atoms with Crippen LogP contribution < -0.4 is 9.62 Å². The van der Waals surface area contributed by atoms with Crippen molar-refractivity contribution in [2.24, 2.45) is 0 Å². The molecule has 47 heavy (non-hydrogen) atoms. The molecule has 4 aromatic carbocycles. The maximum absolute atomic E-state index is 14.6. The molecule has 11 heteroatoms. The van der Waals surface area contributed by atoms with Gasteiger partial charge in [-0.1, -0.05) is 103 Å². The zero-order chi connectivity index (χ0) is 33.4. The van der Waals surface area contributed by atoms with Gasteiger partial charge in [0.25, 0.3) is 10.0 Å². The lowest BCUT2D eigenvalue weighted by molar-refractivity contribution is -0.140. The first-order valence-corrected chi connectivity index (χ1v) is 17.7. The van der Waals surface area contributed by atoms with Crippen LogP contribution in [0.3, 0.4) is 0 Å². The van der Waals surface area contributed by atoms with Crippen molar-refractivity contribution in [3.63, 3.8) is 0 Å². The van der Waals surface area contributed by atoms with Crippen LogP contribution in [-0.2, 0) is 32.6 Å². The lowest BCUT2D eigenvalue weighted by Gasteiger charge is -2.35. The lowest BCUT2D eigenvalue weighted by Crippen LogP contribution is -2.55. The highest BCUT2D eigenvalue weighted by Gasteiger charge is 2.35. The Morgan fingerprint density at radius 2 is 1.47 bits per heavy atom. The minimum Gasteiger partial charge on any atom is -0.352 e. The Balaban J connectivity index is 1.56. The summed E-state index contributed by atoms with van der Waals surface area (Å²) < 4.78 is 43.2. The standard InChI is InChI=1S/C36H36Cl2FN3O4S/c37-28-18-16-27(17-19-28)24-41(34(22-26-10-4-1-5-11-26)36(44)40-29-12-6-2-7-13-29)35(43)25-42(30-20-21-33(39)32(38)23-30)47(45,46)31-14-8-3-9-15-31/h1,3-5,8-11,14-21,23,29,34H,2,6-7,12-13,22,24-25H2,(H,40,44). The van der Waals surface area contributed by atoms with Gasteiger partial charge in [0.1, 0.15) is 18.4 Å². The van der Waals surface area contributed by atoms with E-state index < -0.39 is 34.3 Å². The van der Waals surface area contributed by atoms with E-state index in [1.54, 1.807) is 42.5 Å². The van der Waals surface area contributed by atoms with Gasteiger partial charge < -0.3 is 10.2 Å². The fraction of sp³-hybridized carbons (Fsp3) is 0.278. The second-order valence-electron chi connectivity index (χ2n) is 11.6. The van der Waals surface area contributed by atoms with Crippen molar-refractivity contribution < 1.29 is 22.4 Å². The third kappa shape index (κ3) is 8.91. The minimum absolute atomic E-state index is 0.00584. The van der Waals surface area contributed by atoms with Crippen LogP contribution in [0.2, 0.25) is 10.0 Å². The van der Waals surface area contributed by atoms with Gasteiger partial charge in [0.15, 0.2) is 0 Å². The van der Waals surface area contributed by atoms with Gasteiger partial charge in [-0.05, 0) is 66.4 Å². The summed E-state index contributed by atoms with van der Waals surface area (Å²) in [5.41, 5.74) is 1.55. The largest absolute Gasteiger partial charge is 0.352 e. The topological polar surface area (TPSA) is 86.8 Å². The second-order valence-corrected chi connectivity index (χ2v) is 14.3. The number of halogens is 3. The molecule has 7 nitrogen and oxygen atoms in total. The fourth-order valence-electron chi connectivity index (χ4n) is 5.77. The quantitative estimate of drug-likeness (QED) is 0.167. The Labute approximate surface area is 285 Å². The van der Waals surface area contributed by atoms with E-state index in [1.807, 2.05) is 30.3 Å². The first-order valence-electron chi connectivity index (χ1n) is 15.5. The van der Waals surface area contributed by atoms with Gasteiger partial charge in [-0.2, -0.15) is 0 Å². The number of carbonyl (C=O) groups is 2. The average molecular weight is 697 g/mol. The fourth-order valence-corrected chi connectivity index (χ4v) is 7.50. The molecule has 1 aliphatic rings. The van der Waals surface area contributed by atoms with Crippen LogP contribution in [0.1, 0.15) is 43.2 Å². The summed E-state index contributed by atoms with van der Waals surface area (Å²) in [6.07, 6.45) is 5.03. The lowest BCUT2D eigenvalue weighted by atomic mass is 9.94. The molecule has 1 saturated carbocycles. The number of benzene rings is 4. The van der Waals surface area contributed by atoms with Gasteiger partial charge in [0, 0.05) is 24.0 Å². The molecule has 0 bridgehead atoms. The molecule has 0 heterocycles. The average Bonchev–Trinajstić information content (AvgIpc) is 3.08. The smallest absolute Gasteiger partial charge is 0.264 e. The third-order valence-electron chi connectivity index (χ3n) is 8.29. The molecule has 0 saturated heterocycles. The van der Waals surface area contributed by atoms with E-state index in [9.17, 15) is 22.4 Å². The maximum Gasteiger partial charge on any atom is 0.264 e. The minimum atomic E-state index is -4.33. The van der Waals surface area contributed by atoms with Crippen molar-refractivity contribution in [1.29, 1.82) is 0 Å². The number of nitrogens with one attached hydrogen (secondary N) is 1. The molecular weight excluding hydrogens is 660 g/mol. The van der Waals surface area contributed by atoms with Gasteiger partial charge in [0.05, 0.1) is 15.6 Å². The molecule has 1 N–H and O–H groups in total. The number of nitrogens with zero attached hydrogens (tertiary/aromatic N) is 2. The van der Waals surface area contributed by atoms with Crippen molar-refractivity contribution in [3.8, 4) is 0 Å². The SMILES string of the molecule is O=C(NC1CCCCC1)C(Cc1ccccc1)N(Cc1ccc(Cl)cc1)C(=O)CN(c1ccc(F)c(Cl)c1)S(=O)(=O)c1ccccc1. The van der Waals surface area contributed by atoms with Crippen LogP contribution >= 0.6 is 23.2 Å². The van der Waals surface area contributed by atoms with Gasteiger partial charge in [-0.15, -0.1) is 0 Å². The highest BCUT2D eigenvalue weighted by atomic mass is 35.5. The van der Waals surface area contributed by atoms with Crippen molar-refractivity contribution in [2.45, 2.75) is 62.0 Å². The van der Waals surface area contributed by atoms with Crippen LogP contribution in [0.25, 0.3) is 0 Å². The molecule has 246 valence electrons. The molecule has 5 rings (SSSR count). The molecule has 1 unspecified atom stereocenters. The summed E-state index contributed by atoms with van der Waals surface area (Å²) >= 11 is 12.2. The Kier molecular flexibility index (Phi) is 11.6. The first kappa shape index (κ1) is 34.4. The predicted molar refractivity (Wildman–Crippen MR) is 183 cm³/mol. The zero-order valence-corrected chi connectivity index (χ0v) is 28.0. The Morgan fingerprint density at radius 3 is 2.11 bits per heavy atom. The Hall–Kier alpha value is -3.92. The predicted octanol–water partition coefficient (Wildman–Crippen LogP) is 7.42. The van der Waals surface area contributed by atoms with E-state index in [-0.39, 0.29) is 40.5 Å². The van der Waals surface area contributed by atoms with E-state index in [0.29, 0.717) is 10.6 Å². The molecule has 0 spiro atoms. The van der Waals surface area contributed by atoms with E-state index in [4.69, 9.17) is 23.2 Å². The van der Waals surface area contributed by atoms with Gasteiger partial charge in [-0.25, -0.2) is 12.8 Å². The van der Waals surface area contributed by atoms with Crippen molar-refractivity contribution in [3.05, 3.63) is 130 Å².